The number of aromatic nitrogens is 1. The molecule has 136 valence electrons. The van der Waals surface area contributed by atoms with E-state index in [2.05, 4.69) is 15.0 Å². The molecule has 0 bridgehead atoms. The molecular weight excluding hydrogens is 390 g/mol. The number of carbonyl (C=O) groups is 1. The minimum absolute atomic E-state index is 0.174. The third-order valence-corrected chi connectivity index (χ3v) is 7.11. The molecule has 3 rings (SSSR count). The molecule has 0 aliphatic rings. The second kappa shape index (κ2) is 8.43. The first-order valence-electron chi connectivity index (χ1n) is 7.88. The molecule has 0 saturated heterocycles. The maximum absolute atomic E-state index is 12.2. The number of nitrogens with zero attached hydrogens (tertiary/aromatic N) is 1. The Morgan fingerprint density at radius 1 is 1.08 bits per heavy atom. The third kappa shape index (κ3) is 4.90. The molecule has 26 heavy (non-hydrogen) atoms. The number of hydrogen-bond donors (Lipinski definition) is 2. The fourth-order valence-corrected chi connectivity index (χ4v) is 5.17. The molecule has 0 unspecified atom stereocenters. The number of carbonyl (C=O) groups excluding carboxylic acids is 1. The molecule has 9 heteroatoms. The first kappa shape index (κ1) is 18.6. The van der Waals surface area contributed by atoms with Crippen molar-refractivity contribution in [2.24, 2.45) is 0 Å². The predicted molar refractivity (Wildman–Crippen MR) is 104 cm³/mol. The Labute approximate surface area is 160 Å². The van der Waals surface area contributed by atoms with Crippen LogP contribution in [0.4, 0.5) is 5.13 Å². The van der Waals surface area contributed by atoms with Crippen molar-refractivity contribution < 1.29 is 13.2 Å². The van der Waals surface area contributed by atoms with Crippen molar-refractivity contribution in [1.29, 1.82) is 0 Å². The zero-order valence-electron chi connectivity index (χ0n) is 13.7. The average molecular weight is 408 g/mol. The monoisotopic (exact) mass is 407 g/mol. The van der Waals surface area contributed by atoms with Gasteiger partial charge in [-0.1, -0.05) is 36.4 Å². The molecule has 0 aliphatic carbocycles. The number of thiazole rings is 1. The molecule has 0 saturated carbocycles. The molecule has 0 aliphatic heterocycles. The molecule has 1 amide bonds. The van der Waals surface area contributed by atoms with Gasteiger partial charge in [-0.15, -0.1) is 22.7 Å². The quantitative estimate of drug-likeness (QED) is 0.561. The zero-order chi connectivity index (χ0) is 18.4. The van der Waals surface area contributed by atoms with Crippen LogP contribution in [0, 0.1) is 0 Å². The van der Waals surface area contributed by atoms with Crippen LogP contribution in [-0.4, -0.2) is 25.9 Å². The highest BCUT2D eigenvalue weighted by Crippen LogP contribution is 2.22. The van der Waals surface area contributed by atoms with Gasteiger partial charge < -0.3 is 5.32 Å². The first-order chi connectivity index (χ1) is 12.5. The van der Waals surface area contributed by atoms with Gasteiger partial charge in [-0.2, -0.15) is 0 Å². The number of nitrogens with one attached hydrogen (secondary N) is 2. The van der Waals surface area contributed by atoms with E-state index in [9.17, 15) is 13.2 Å². The third-order valence-electron chi connectivity index (χ3n) is 3.49. The number of rotatable bonds is 8. The number of amides is 1. The van der Waals surface area contributed by atoms with E-state index in [-0.39, 0.29) is 20.9 Å². The Balaban J connectivity index is 1.50. The molecule has 0 fully saturated rings. The second-order valence-electron chi connectivity index (χ2n) is 5.42. The van der Waals surface area contributed by atoms with E-state index in [4.69, 9.17) is 0 Å². The van der Waals surface area contributed by atoms with E-state index >= 15 is 0 Å². The minimum Gasteiger partial charge on any atom is -0.351 e. The van der Waals surface area contributed by atoms with Crippen molar-refractivity contribution in [3.8, 4) is 0 Å². The predicted octanol–water partition coefficient (Wildman–Crippen LogP) is 3.37. The molecule has 2 aromatic heterocycles. The van der Waals surface area contributed by atoms with Gasteiger partial charge in [0, 0.05) is 11.9 Å². The van der Waals surface area contributed by atoms with E-state index in [1.54, 1.807) is 16.8 Å². The normalized spacial score (nSPS) is 11.2. The highest BCUT2D eigenvalue weighted by atomic mass is 32.2. The standard InChI is InChI=1S/C17H17N3O3S3/c21-16(18-10-4-8-13-6-2-1-3-7-13)14-12-25-17(19-14)20-26(22,23)15-9-5-11-24-15/h1-3,5-7,9,11-12H,4,8,10H2,(H,18,21)(H,19,20). The summed E-state index contributed by atoms with van der Waals surface area (Å²) < 4.78 is 26.9. The van der Waals surface area contributed by atoms with Crippen LogP contribution in [0.25, 0.3) is 0 Å². The first-order valence-corrected chi connectivity index (χ1v) is 11.1. The Hall–Kier alpha value is -2.23. The van der Waals surface area contributed by atoms with Crippen molar-refractivity contribution in [2.45, 2.75) is 17.1 Å². The SMILES string of the molecule is O=C(NCCCc1ccccc1)c1csc(NS(=O)(=O)c2cccs2)n1. The number of aryl methyl sites for hydroxylation is 1. The van der Waals surface area contributed by atoms with Gasteiger partial charge in [-0.3, -0.25) is 9.52 Å². The lowest BCUT2D eigenvalue weighted by Crippen LogP contribution is -2.25. The summed E-state index contributed by atoms with van der Waals surface area (Å²) in [7, 11) is -3.65. The molecule has 2 N–H and O–H groups in total. The van der Waals surface area contributed by atoms with E-state index < -0.39 is 10.0 Å². The lowest BCUT2D eigenvalue weighted by atomic mass is 10.1. The lowest BCUT2D eigenvalue weighted by Gasteiger charge is -2.04. The Bertz CT molecular complexity index is 952. The van der Waals surface area contributed by atoms with Gasteiger partial charge in [-0.05, 0) is 29.9 Å². The van der Waals surface area contributed by atoms with Crippen LogP contribution >= 0.6 is 22.7 Å². The molecule has 0 radical (unpaired) electrons. The molecule has 0 spiro atoms. The topological polar surface area (TPSA) is 88.2 Å². The van der Waals surface area contributed by atoms with Gasteiger partial charge in [0.2, 0.25) is 0 Å². The average Bonchev–Trinajstić information content (AvgIpc) is 3.31. The van der Waals surface area contributed by atoms with Gasteiger partial charge in [0.1, 0.15) is 9.90 Å². The molecule has 2 heterocycles. The molecule has 3 aromatic rings. The largest absolute Gasteiger partial charge is 0.351 e. The summed E-state index contributed by atoms with van der Waals surface area (Å²) in [6.45, 7) is 0.529. The van der Waals surface area contributed by atoms with Crippen molar-refractivity contribution in [1.82, 2.24) is 10.3 Å². The van der Waals surface area contributed by atoms with Gasteiger partial charge >= 0.3 is 0 Å². The van der Waals surface area contributed by atoms with Crippen LogP contribution in [0.5, 0.6) is 0 Å². The summed E-state index contributed by atoms with van der Waals surface area (Å²) in [6, 6.07) is 13.2. The molecule has 6 nitrogen and oxygen atoms in total. The summed E-state index contributed by atoms with van der Waals surface area (Å²) in [5.74, 6) is -0.309. The van der Waals surface area contributed by atoms with Crippen LogP contribution in [0.1, 0.15) is 22.5 Å². The summed E-state index contributed by atoms with van der Waals surface area (Å²) in [6.07, 6.45) is 1.70. The van der Waals surface area contributed by atoms with Crippen LogP contribution in [-0.2, 0) is 16.4 Å². The van der Waals surface area contributed by atoms with Gasteiger partial charge in [0.25, 0.3) is 15.9 Å². The van der Waals surface area contributed by atoms with Crippen molar-refractivity contribution in [3.05, 3.63) is 64.5 Å². The van der Waals surface area contributed by atoms with E-state index in [1.165, 1.54) is 11.6 Å². The smallest absolute Gasteiger partial charge is 0.273 e. The van der Waals surface area contributed by atoms with Crippen LogP contribution in [0.15, 0.2) is 57.4 Å². The fraction of sp³-hybridized carbons (Fsp3) is 0.176. The number of benzene rings is 1. The van der Waals surface area contributed by atoms with Crippen LogP contribution < -0.4 is 10.0 Å². The van der Waals surface area contributed by atoms with Crippen LogP contribution in [0.3, 0.4) is 0 Å². The van der Waals surface area contributed by atoms with Crippen molar-refractivity contribution >= 4 is 43.7 Å². The van der Waals surface area contributed by atoms with Crippen molar-refractivity contribution in [2.75, 3.05) is 11.3 Å². The highest BCUT2D eigenvalue weighted by molar-refractivity contribution is 7.94. The minimum atomic E-state index is -3.65. The Kier molecular flexibility index (Phi) is 6.02. The highest BCUT2D eigenvalue weighted by Gasteiger charge is 2.18. The maximum atomic E-state index is 12.2. The lowest BCUT2D eigenvalue weighted by molar-refractivity contribution is 0.0949. The van der Waals surface area contributed by atoms with Crippen LogP contribution in [0.2, 0.25) is 0 Å². The van der Waals surface area contributed by atoms with Gasteiger partial charge in [0.15, 0.2) is 5.13 Å². The van der Waals surface area contributed by atoms with Gasteiger partial charge in [-0.25, -0.2) is 13.4 Å². The number of anilines is 1. The number of thiophene rings is 1. The summed E-state index contributed by atoms with van der Waals surface area (Å²) >= 11 is 2.20. The molecule has 0 atom stereocenters. The zero-order valence-corrected chi connectivity index (χ0v) is 16.2. The second-order valence-corrected chi connectivity index (χ2v) is 9.14. The molecule has 1 aromatic carbocycles. The number of sulfonamides is 1. The Morgan fingerprint density at radius 3 is 2.62 bits per heavy atom. The summed E-state index contributed by atoms with van der Waals surface area (Å²) in [4.78, 5) is 16.2. The van der Waals surface area contributed by atoms with Crippen molar-refractivity contribution in [3.63, 3.8) is 0 Å². The van der Waals surface area contributed by atoms with E-state index in [1.807, 2.05) is 30.3 Å². The fourth-order valence-electron chi connectivity index (χ4n) is 2.24. The summed E-state index contributed by atoms with van der Waals surface area (Å²) in [5, 5.41) is 6.20. The van der Waals surface area contributed by atoms with Gasteiger partial charge in [0.05, 0.1) is 0 Å². The maximum Gasteiger partial charge on any atom is 0.273 e. The Morgan fingerprint density at radius 2 is 1.88 bits per heavy atom. The summed E-state index contributed by atoms with van der Waals surface area (Å²) in [5.41, 5.74) is 1.43. The molecular formula is C17H17N3O3S3. The number of hydrogen-bond acceptors (Lipinski definition) is 6. The van der Waals surface area contributed by atoms with E-state index in [0.717, 1.165) is 35.5 Å². The van der Waals surface area contributed by atoms with E-state index in [0.29, 0.717) is 6.54 Å².